The number of fused-ring (bicyclic) bond motifs is 1. The standard InChI is InChI=1S/C14H18O4S/c1-9-6-11-7-10(8-14(2,3)13(15)16)4-5-12(11)19(9,17)18/h4-5,7,9H,6,8H2,1-3H3,(H,15,16). The first kappa shape index (κ1) is 14.1. The molecule has 0 fully saturated rings. The molecule has 1 heterocycles. The third-order valence-electron chi connectivity index (χ3n) is 3.69. The largest absolute Gasteiger partial charge is 0.481 e. The van der Waals surface area contributed by atoms with Crippen molar-refractivity contribution < 1.29 is 18.3 Å². The number of carboxylic acid groups (broad SMARTS) is 1. The van der Waals surface area contributed by atoms with Gasteiger partial charge in [0.2, 0.25) is 0 Å². The number of carboxylic acids is 1. The van der Waals surface area contributed by atoms with Crippen molar-refractivity contribution in [3.63, 3.8) is 0 Å². The second-order valence-electron chi connectivity index (χ2n) is 5.87. The predicted octanol–water partition coefficient (Wildman–Crippen LogP) is 2.06. The van der Waals surface area contributed by atoms with Gasteiger partial charge >= 0.3 is 5.97 Å². The second-order valence-corrected chi connectivity index (χ2v) is 8.20. The molecule has 2 rings (SSSR count). The molecule has 5 heteroatoms. The number of benzene rings is 1. The number of rotatable bonds is 3. The van der Waals surface area contributed by atoms with Gasteiger partial charge in [0.05, 0.1) is 15.6 Å². The summed E-state index contributed by atoms with van der Waals surface area (Å²) in [6.07, 6.45) is 0.906. The zero-order chi connectivity index (χ0) is 14.4. The molecule has 19 heavy (non-hydrogen) atoms. The predicted molar refractivity (Wildman–Crippen MR) is 71.9 cm³/mol. The highest BCUT2D eigenvalue weighted by Gasteiger charge is 2.34. The summed E-state index contributed by atoms with van der Waals surface area (Å²) in [6.45, 7) is 5.04. The van der Waals surface area contributed by atoms with Crippen molar-refractivity contribution in [2.24, 2.45) is 5.41 Å². The summed E-state index contributed by atoms with van der Waals surface area (Å²) >= 11 is 0. The van der Waals surface area contributed by atoms with Crippen molar-refractivity contribution in [1.82, 2.24) is 0 Å². The molecule has 1 N–H and O–H groups in total. The number of sulfone groups is 1. The van der Waals surface area contributed by atoms with Gasteiger partial charge in [-0.05, 0) is 50.8 Å². The Morgan fingerprint density at radius 1 is 1.42 bits per heavy atom. The van der Waals surface area contributed by atoms with Gasteiger partial charge in [-0.2, -0.15) is 0 Å². The summed E-state index contributed by atoms with van der Waals surface area (Å²) in [6, 6.07) is 5.17. The fourth-order valence-corrected chi connectivity index (χ4v) is 4.00. The van der Waals surface area contributed by atoms with E-state index in [0.717, 1.165) is 11.1 Å². The molecular weight excluding hydrogens is 264 g/mol. The van der Waals surface area contributed by atoms with Crippen LogP contribution in [0.2, 0.25) is 0 Å². The number of hydrogen-bond donors (Lipinski definition) is 1. The van der Waals surface area contributed by atoms with E-state index in [0.29, 0.717) is 17.7 Å². The maximum atomic E-state index is 12.0. The smallest absolute Gasteiger partial charge is 0.309 e. The summed E-state index contributed by atoms with van der Waals surface area (Å²) in [5, 5.41) is 8.74. The lowest BCUT2D eigenvalue weighted by molar-refractivity contribution is -0.146. The highest BCUT2D eigenvalue weighted by molar-refractivity contribution is 7.92. The van der Waals surface area contributed by atoms with E-state index in [1.165, 1.54) is 0 Å². The van der Waals surface area contributed by atoms with Crippen molar-refractivity contribution in [3.8, 4) is 0 Å². The van der Waals surface area contributed by atoms with Crippen molar-refractivity contribution in [2.75, 3.05) is 0 Å². The molecule has 1 aromatic carbocycles. The number of aliphatic carboxylic acids is 1. The van der Waals surface area contributed by atoms with Crippen LogP contribution in [0.4, 0.5) is 0 Å². The van der Waals surface area contributed by atoms with Crippen LogP contribution >= 0.6 is 0 Å². The van der Waals surface area contributed by atoms with E-state index in [9.17, 15) is 13.2 Å². The molecule has 0 amide bonds. The van der Waals surface area contributed by atoms with Crippen LogP contribution in [-0.4, -0.2) is 24.7 Å². The van der Waals surface area contributed by atoms with Crippen LogP contribution < -0.4 is 0 Å². The SMILES string of the molecule is CC1Cc2cc(CC(C)(C)C(=O)O)ccc2S1(=O)=O. The zero-order valence-electron chi connectivity index (χ0n) is 11.3. The maximum Gasteiger partial charge on any atom is 0.309 e. The molecule has 1 aliphatic heterocycles. The third-order valence-corrected chi connectivity index (χ3v) is 5.93. The first-order valence-electron chi connectivity index (χ1n) is 6.24. The second kappa shape index (κ2) is 4.34. The van der Waals surface area contributed by atoms with Crippen molar-refractivity contribution in [1.29, 1.82) is 0 Å². The Morgan fingerprint density at radius 2 is 2.05 bits per heavy atom. The molecule has 0 aliphatic carbocycles. The Kier molecular flexibility index (Phi) is 3.21. The molecule has 0 saturated heterocycles. The van der Waals surface area contributed by atoms with E-state index in [4.69, 9.17) is 5.11 Å². The van der Waals surface area contributed by atoms with Crippen LogP contribution in [0.1, 0.15) is 31.9 Å². The van der Waals surface area contributed by atoms with E-state index in [1.807, 2.05) is 6.07 Å². The third kappa shape index (κ3) is 2.39. The average molecular weight is 282 g/mol. The molecule has 0 bridgehead atoms. The van der Waals surface area contributed by atoms with E-state index < -0.39 is 21.2 Å². The van der Waals surface area contributed by atoms with Crippen LogP contribution in [0.5, 0.6) is 0 Å². The van der Waals surface area contributed by atoms with E-state index in [-0.39, 0.29) is 5.25 Å². The zero-order valence-corrected chi connectivity index (χ0v) is 12.1. The fourth-order valence-electron chi connectivity index (χ4n) is 2.40. The molecule has 0 aromatic heterocycles. The van der Waals surface area contributed by atoms with Crippen LogP contribution in [0.15, 0.2) is 23.1 Å². The molecule has 0 spiro atoms. The van der Waals surface area contributed by atoms with Crippen molar-refractivity contribution >= 4 is 15.8 Å². The van der Waals surface area contributed by atoms with Crippen LogP contribution in [-0.2, 0) is 27.5 Å². The molecule has 1 atom stereocenters. The minimum Gasteiger partial charge on any atom is -0.481 e. The van der Waals surface area contributed by atoms with Crippen LogP contribution in [0, 0.1) is 5.41 Å². The molecule has 104 valence electrons. The highest BCUT2D eigenvalue weighted by atomic mass is 32.2. The minimum absolute atomic E-state index is 0.384. The van der Waals surface area contributed by atoms with Gasteiger partial charge in [-0.15, -0.1) is 0 Å². The van der Waals surface area contributed by atoms with Gasteiger partial charge in [0.15, 0.2) is 9.84 Å². The highest BCUT2D eigenvalue weighted by Crippen LogP contribution is 2.33. The fraction of sp³-hybridized carbons (Fsp3) is 0.500. The maximum absolute atomic E-state index is 12.0. The lowest BCUT2D eigenvalue weighted by Crippen LogP contribution is -2.26. The first-order chi connectivity index (χ1) is 8.64. The van der Waals surface area contributed by atoms with E-state index >= 15 is 0 Å². The molecule has 0 saturated carbocycles. The number of hydrogen-bond acceptors (Lipinski definition) is 3. The van der Waals surface area contributed by atoms with Gasteiger partial charge in [0.25, 0.3) is 0 Å². The summed E-state index contributed by atoms with van der Waals surface area (Å²) < 4.78 is 24.0. The topological polar surface area (TPSA) is 71.4 Å². The van der Waals surface area contributed by atoms with Crippen LogP contribution in [0.3, 0.4) is 0 Å². The normalized spacial score (nSPS) is 21.1. The molecular formula is C14H18O4S. The van der Waals surface area contributed by atoms with Gasteiger partial charge < -0.3 is 5.11 Å². The van der Waals surface area contributed by atoms with Gasteiger partial charge in [0, 0.05) is 0 Å². The van der Waals surface area contributed by atoms with E-state index in [2.05, 4.69) is 0 Å². The lowest BCUT2D eigenvalue weighted by Gasteiger charge is -2.19. The average Bonchev–Trinajstić information content (AvgIpc) is 2.48. The molecule has 4 nitrogen and oxygen atoms in total. The summed E-state index contributed by atoms with van der Waals surface area (Å²) in [7, 11) is -3.18. The van der Waals surface area contributed by atoms with Gasteiger partial charge in [-0.1, -0.05) is 12.1 Å². The monoisotopic (exact) mass is 282 g/mol. The van der Waals surface area contributed by atoms with Gasteiger partial charge in [-0.25, -0.2) is 8.42 Å². The Labute approximate surface area is 113 Å². The Bertz CT molecular complexity index is 629. The van der Waals surface area contributed by atoms with Crippen LogP contribution in [0.25, 0.3) is 0 Å². The minimum atomic E-state index is -3.18. The van der Waals surface area contributed by atoms with Gasteiger partial charge in [-0.3, -0.25) is 4.79 Å². The Balaban J connectivity index is 2.36. The van der Waals surface area contributed by atoms with Crippen molar-refractivity contribution in [2.45, 2.75) is 43.8 Å². The Morgan fingerprint density at radius 3 is 2.63 bits per heavy atom. The molecule has 1 aliphatic rings. The Hall–Kier alpha value is -1.36. The van der Waals surface area contributed by atoms with E-state index in [1.54, 1.807) is 32.9 Å². The first-order valence-corrected chi connectivity index (χ1v) is 7.78. The summed E-state index contributed by atoms with van der Waals surface area (Å²) in [5.41, 5.74) is 0.832. The molecule has 0 radical (unpaired) electrons. The van der Waals surface area contributed by atoms with Gasteiger partial charge in [0.1, 0.15) is 0 Å². The summed E-state index contributed by atoms with van der Waals surface area (Å²) in [5.74, 6) is -0.853. The molecule has 1 unspecified atom stereocenters. The van der Waals surface area contributed by atoms with Crippen molar-refractivity contribution in [3.05, 3.63) is 29.3 Å². The quantitative estimate of drug-likeness (QED) is 0.921. The molecule has 1 aromatic rings. The lowest BCUT2D eigenvalue weighted by atomic mass is 9.85. The number of carbonyl (C=O) groups is 1. The summed E-state index contributed by atoms with van der Waals surface area (Å²) in [4.78, 5) is 11.5.